The highest BCUT2D eigenvalue weighted by Gasteiger charge is 2.13. The summed E-state index contributed by atoms with van der Waals surface area (Å²) in [7, 11) is 1.90. The number of hydrogen-bond donors (Lipinski definition) is 1. The number of hydrogen-bond acceptors (Lipinski definition) is 1. The maximum atomic E-state index is 13.8. The van der Waals surface area contributed by atoms with Gasteiger partial charge in [-0.1, -0.05) is 38.3 Å². The van der Waals surface area contributed by atoms with Crippen LogP contribution in [-0.4, -0.2) is 7.05 Å². The summed E-state index contributed by atoms with van der Waals surface area (Å²) in [4.78, 5) is 0. The molecular weight excluding hydrogens is 201 g/mol. The predicted octanol–water partition coefficient (Wildman–Crippen LogP) is 3.97. The molecule has 1 atom stereocenters. The number of aryl methyl sites for hydroxylation is 1. The molecule has 0 aliphatic heterocycles. The molecular formula is C14H22FN. The first kappa shape index (κ1) is 13.2. The molecule has 2 heteroatoms. The van der Waals surface area contributed by atoms with Crippen molar-refractivity contribution in [2.45, 2.75) is 45.6 Å². The quantitative estimate of drug-likeness (QED) is 0.719. The molecule has 1 unspecified atom stereocenters. The first-order valence-corrected chi connectivity index (χ1v) is 6.12. The molecule has 1 nitrogen and oxygen atoms in total. The van der Waals surface area contributed by atoms with Crippen molar-refractivity contribution in [2.24, 2.45) is 0 Å². The molecule has 0 aromatic heterocycles. The highest BCUT2D eigenvalue weighted by Crippen LogP contribution is 2.22. The van der Waals surface area contributed by atoms with E-state index in [1.54, 1.807) is 6.07 Å². The Balaban J connectivity index is 2.70. The van der Waals surface area contributed by atoms with Crippen LogP contribution >= 0.6 is 0 Å². The van der Waals surface area contributed by atoms with E-state index in [-0.39, 0.29) is 11.9 Å². The maximum absolute atomic E-state index is 13.8. The van der Waals surface area contributed by atoms with E-state index in [1.165, 1.54) is 12.8 Å². The molecule has 1 aromatic carbocycles. The Kier molecular flexibility index (Phi) is 5.47. The zero-order valence-corrected chi connectivity index (χ0v) is 10.5. The summed E-state index contributed by atoms with van der Waals surface area (Å²) in [6, 6.07) is 5.63. The van der Waals surface area contributed by atoms with Crippen LogP contribution in [0, 0.1) is 12.7 Å². The normalized spacial score (nSPS) is 12.8. The van der Waals surface area contributed by atoms with Gasteiger partial charge in [0.15, 0.2) is 0 Å². The van der Waals surface area contributed by atoms with E-state index >= 15 is 0 Å². The first-order chi connectivity index (χ1) is 7.69. The second-order valence-electron chi connectivity index (χ2n) is 4.36. The van der Waals surface area contributed by atoms with Crippen LogP contribution in [0.2, 0.25) is 0 Å². The van der Waals surface area contributed by atoms with E-state index in [1.807, 2.05) is 26.1 Å². The summed E-state index contributed by atoms with van der Waals surface area (Å²) in [5, 5.41) is 3.20. The number of rotatable bonds is 6. The second kappa shape index (κ2) is 6.64. The lowest BCUT2D eigenvalue weighted by atomic mass is 9.99. The smallest absolute Gasteiger partial charge is 0.128 e. The Morgan fingerprint density at radius 3 is 2.62 bits per heavy atom. The Morgan fingerprint density at radius 2 is 2.06 bits per heavy atom. The average Bonchev–Trinajstić information content (AvgIpc) is 2.26. The number of unbranched alkanes of at least 4 members (excludes halogenated alkanes) is 2. The lowest BCUT2D eigenvalue weighted by Gasteiger charge is -2.17. The maximum Gasteiger partial charge on any atom is 0.128 e. The molecule has 0 aliphatic rings. The fourth-order valence-corrected chi connectivity index (χ4v) is 1.97. The Labute approximate surface area is 98.1 Å². The first-order valence-electron chi connectivity index (χ1n) is 6.12. The minimum absolute atomic E-state index is 0.0872. The third-order valence-electron chi connectivity index (χ3n) is 2.98. The summed E-state index contributed by atoms with van der Waals surface area (Å²) < 4.78 is 13.8. The number of benzene rings is 1. The lowest BCUT2D eigenvalue weighted by molar-refractivity contribution is 0.484. The Bertz CT molecular complexity index is 323. The van der Waals surface area contributed by atoms with Crippen molar-refractivity contribution in [2.75, 3.05) is 7.05 Å². The molecule has 0 radical (unpaired) electrons. The van der Waals surface area contributed by atoms with Gasteiger partial charge in [0.05, 0.1) is 0 Å². The zero-order chi connectivity index (χ0) is 12.0. The molecule has 0 fully saturated rings. The monoisotopic (exact) mass is 223 g/mol. The van der Waals surface area contributed by atoms with E-state index < -0.39 is 0 Å². The van der Waals surface area contributed by atoms with E-state index in [9.17, 15) is 4.39 Å². The van der Waals surface area contributed by atoms with Gasteiger partial charge in [0.2, 0.25) is 0 Å². The van der Waals surface area contributed by atoms with Gasteiger partial charge in [-0.25, -0.2) is 4.39 Å². The third-order valence-corrected chi connectivity index (χ3v) is 2.98. The number of nitrogens with one attached hydrogen (secondary N) is 1. The Hall–Kier alpha value is -0.890. The van der Waals surface area contributed by atoms with Gasteiger partial charge in [0, 0.05) is 11.6 Å². The van der Waals surface area contributed by atoms with Gasteiger partial charge in [-0.2, -0.15) is 0 Å². The van der Waals surface area contributed by atoms with Crippen LogP contribution in [0.3, 0.4) is 0 Å². The molecule has 90 valence electrons. The summed E-state index contributed by atoms with van der Waals surface area (Å²) in [5.74, 6) is -0.0872. The molecule has 1 rings (SSSR count). The molecule has 0 heterocycles. The Morgan fingerprint density at radius 1 is 1.31 bits per heavy atom. The topological polar surface area (TPSA) is 12.0 Å². The van der Waals surface area contributed by atoms with Crippen molar-refractivity contribution < 1.29 is 4.39 Å². The molecule has 0 aliphatic carbocycles. The summed E-state index contributed by atoms with van der Waals surface area (Å²) >= 11 is 0. The minimum atomic E-state index is -0.0872. The largest absolute Gasteiger partial charge is 0.313 e. The average molecular weight is 223 g/mol. The standard InChI is InChI=1S/C14H22FN/c1-4-5-6-7-14(16-3)12-9-8-11(2)10-13(12)15/h8-10,14,16H,4-7H2,1-3H3. The van der Waals surface area contributed by atoms with Crippen molar-refractivity contribution in [1.82, 2.24) is 5.32 Å². The van der Waals surface area contributed by atoms with Gasteiger partial charge in [-0.05, 0) is 32.0 Å². The van der Waals surface area contributed by atoms with Gasteiger partial charge in [0.1, 0.15) is 5.82 Å². The van der Waals surface area contributed by atoms with E-state index in [2.05, 4.69) is 12.2 Å². The van der Waals surface area contributed by atoms with Crippen LogP contribution < -0.4 is 5.32 Å². The molecule has 0 amide bonds. The van der Waals surface area contributed by atoms with Crippen LogP contribution in [-0.2, 0) is 0 Å². The van der Waals surface area contributed by atoms with Crippen molar-refractivity contribution in [3.63, 3.8) is 0 Å². The van der Waals surface area contributed by atoms with Gasteiger partial charge in [-0.15, -0.1) is 0 Å². The van der Waals surface area contributed by atoms with Crippen molar-refractivity contribution in [3.8, 4) is 0 Å². The van der Waals surface area contributed by atoms with E-state index in [0.29, 0.717) is 0 Å². The van der Waals surface area contributed by atoms with Crippen molar-refractivity contribution in [1.29, 1.82) is 0 Å². The van der Waals surface area contributed by atoms with E-state index in [0.717, 1.165) is 24.0 Å². The van der Waals surface area contributed by atoms with Crippen LogP contribution in [0.15, 0.2) is 18.2 Å². The predicted molar refractivity (Wildman–Crippen MR) is 67.1 cm³/mol. The molecule has 0 saturated carbocycles. The highest BCUT2D eigenvalue weighted by molar-refractivity contribution is 5.26. The zero-order valence-electron chi connectivity index (χ0n) is 10.5. The second-order valence-corrected chi connectivity index (χ2v) is 4.36. The molecule has 1 aromatic rings. The van der Waals surface area contributed by atoms with Crippen LogP contribution in [0.4, 0.5) is 4.39 Å². The molecule has 0 saturated heterocycles. The number of halogens is 1. The lowest BCUT2D eigenvalue weighted by Crippen LogP contribution is -2.17. The highest BCUT2D eigenvalue weighted by atomic mass is 19.1. The van der Waals surface area contributed by atoms with Crippen LogP contribution in [0.1, 0.15) is 49.8 Å². The minimum Gasteiger partial charge on any atom is -0.313 e. The van der Waals surface area contributed by atoms with Gasteiger partial charge < -0.3 is 5.32 Å². The van der Waals surface area contributed by atoms with E-state index in [4.69, 9.17) is 0 Å². The molecule has 0 bridgehead atoms. The summed E-state index contributed by atoms with van der Waals surface area (Å²) in [6.45, 7) is 4.10. The van der Waals surface area contributed by atoms with Gasteiger partial charge in [0.25, 0.3) is 0 Å². The van der Waals surface area contributed by atoms with Crippen molar-refractivity contribution in [3.05, 3.63) is 35.1 Å². The van der Waals surface area contributed by atoms with Crippen molar-refractivity contribution >= 4 is 0 Å². The third kappa shape index (κ3) is 3.60. The van der Waals surface area contributed by atoms with Crippen LogP contribution in [0.5, 0.6) is 0 Å². The summed E-state index contributed by atoms with van der Waals surface area (Å²) in [5.41, 5.74) is 1.77. The SMILES string of the molecule is CCCCCC(NC)c1ccc(C)cc1F. The van der Waals surface area contributed by atoms with Gasteiger partial charge >= 0.3 is 0 Å². The summed E-state index contributed by atoms with van der Waals surface area (Å²) in [6.07, 6.45) is 4.57. The molecule has 16 heavy (non-hydrogen) atoms. The molecule has 0 spiro atoms. The molecule has 1 N–H and O–H groups in total. The fraction of sp³-hybridized carbons (Fsp3) is 0.571. The fourth-order valence-electron chi connectivity index (χ4n) is 1.97. The van der Waals surface area contributed by atoms with Crippen LogP contribution in [0.25, 0.3) is 0 Å². The van der Waals surface area contributed by atoms with Gasteiger partial charge in [-0.3, -0.25) is 0 Å².